The highest BCUT2D eigenvalue weighted by Gasteiger charge is 2.34. The number of hydrogen-bond donors (Lipinski definition) is 0. The smallest absolute Gasteiger partial charge is 0.0914 e. The van der Waals surface area contributed by atoms with Crippen molar-refractivity contribution in [3.05, 3.63) is 7.43 Å². The van der Waals surface area contributed by atoms with Crippen molar-refractivity contribution in [3.63, 3.8) is 0 Å². The molecule has 0 radical (unpaired) electrons. The molecule has 0 aliphatic carbocycles. The van der Waals surface area contributed by atoms with Crippen LogP contribution in [0.1, 0.15) is 0 Å². The van der Waals surface area contributed by atoms with E-state index in [-0.39, 0.29) is 7.43 Å². The van der Waals surface area contributed by atoms with Crippen LogP contribution in [0, 0.1) is 7.43 Å². The lowest BCUT2D eigenvalue weighted by Gasteiger charge is -2.48. The third-order valence-corrected chi connectivity index (χ3v) is 2.87. The Morgan fingerprint density at radius 2 is 1.40 bits per heavy atom. The van der Waals surface area contributed by atoms with E-state index in [1.807, 2.05) is 0 Å². The predicted molar refractivity (Wildman–Crippen MR) is 43.6 cm³/mol. The number of hydrogen-bond acceptors (Lipinski definition) is 1. The minimum atomic E-state index is 0. The molecule has 3 heterocycles. The van der Waals surface area contributed by atoms with Crippen LogP contribution >= 0.6 is 0 Å². The number of likely N-dealkylation sites (N-methyl/N-ethyl adjacent to an activating group) is 1. The summed E-state index contributed by atoms with van der Waals surface area (Å²) in [6.45, 7) is 8.20. The van der Waals surface area contributed by atoms with Crippen LogP contribution in [-0.4, -0.2) is 55.7 Å². The zero-order valence-corrected chi connectivity index (χ0v) is 7.14. The van der Waals surface area contributed by atoms with E-state index in [1.165, 1.54) is 43.8 Å². The molecule has 2 bridgehead atoms. The van der Waals surface area contributed by atoms with Gasteiger partial charge in [0.2, 0.25) is 0 Å². The molecule has 3 saturated heterocycles. The minimum absolute atomic E-state index is 0. The summed E-state index contributed by atoms with van der Waals surface area (Å²) in [6.07, 6.45) is 0. The predicted octanol–water partition coefficient (Wildman–Crippen LogP) is 0.212. The van der Waals surface area contributed by atoms with Crippen molar-refractivity contribution in [2.75, 3.05) is 46.3 Å². The standard InChI is InChI=1S/C7H15N2.CH3/c1-9-5-2-8(3-6-9)4-7-9;/h2-7H2,1H3;1H3/q+1;-1. The molecule has 2 heteroatoms. The Bertz CT molecular complexity index is 101. The van der Waals surface area contributed by atoms with Gasteiger partial charge in [0.05, 0.1) is 26.7 Å². The van der Waals surface area contributed by atoms with E-state index in [4.69, 9.17) is 0 Å². The summed E-state index contributed by atoms with van der Waals surface area (Å²) in [5, 5.41) is 0. The first-order valence-electron chi connectivity index (χ1n) is 3.84. The molecule has 3 aliphatic rings. The van der Waals surface area contributed by atoms with Crippen molar-refractivity contribution in [2.45, 2.75) is 0 Å². The van der Waals surface area contributed by atoms with Gasteiger partial charge in [0, 0.05) is 19.6 Å². The summed E-state index contributed by atoms with van der Waals surface area (Å²) in [7, 11) is 2.39. The molecular weight excluding hydrogens is 124 g/mol. The fourth-order valence-electron chi connectivity index (χ4n) is 1.82. The average molecular weight is 142 g/mol. The minimum Gasteiger partial charge on any atom is -0.358 e. The van der Waals surface area contributed by atoms with Crippen LogP contribution in [0.3, 0.4) is 0 Å². The van der Waals surface area contributed by atoms with Gasteiger partial charge in [-0.3, -0.25) is 4.90 Å². The highest BCUT2D eigenvalue weighted by molar-refractivity contribution is 4.68. The second-order valence-corrected chi connectivity index (χ2v) is 3.63. The van der Waals surface area contributed by atoms with Crippen molar-refractivity contribution in [3.8, 4) is 0 Å². The van der Waals surface area contributed by atoms with Gasteiger partial charge in [-0.1, -0.05) is 0 Å². The van der Waals surface area contributed by atoms with Gasteiger partial charge in [-0.05, 0) is 0 Å². The highest BCUT2D eigenvalue weighted by atomic mass is 15.4. The molecule has 0 amide bonds. The molecule has 10 heavy (non-hydrogen) atoms. The molecule has 0 atom stereocenters. The van der Waals surface area contributed by atoms with Crippen LogP contribution in [0.5, 0.6) is 0 Å². The molecule has 3 fully saturated rings. The molecule has 0 saturated carbocycles. The Kier molecular flexibility index (Phi) is 2.02. The molecule has 60 valence electrons. The third kappa shape index (κ3) is 1.18. The van der Waals surface area contributed by atoms with Gasteiger partial charge in [0.25, 0.3) is 0 Å². The van der Waals surface area contributed by atoms with E-state index < -0.39 is 0 Å². The van der Waals surface area contributed by atoms with Crippen molar-refractivity contribution in [1.29, 1.82) is 0 Å². The first-order valence-corrected chi connectivity index (χ1v) is 3.84. The SMILES string of the molecule is C[N+]12CCN(CC1)CC2.[CH3-]. The van der Waals surface area contributed by atoms with Gasteiger partial charge < -0.3 is 11.9 Å². The van der Waals surface area contributed by atoms with Gasteiger partial charge in [0.1, 0.15) is 0 Å². The summed E-state index contributed by atoms with van der Waals surface area (Å²) < 4.78 is 1.34. The normalized spacial score (nSPS) is 44.7. The molecule has 0 aromatic rings. The molecule has 2 nitrogen and oxygen atoms in total. The van der Waals surface area contributed by atoms with E-state index >= 15 is 0 Å². The third-order valence-electron chi connectivity index (χ3n) is 2.87. The lowest BCUT2D eigenvalue weighted by atomic mass is 10.2. The fourth-order valence-corrected chi connectivity index (χ4v) is 1.82. The summed E-state index contributed by atoms with van der Waals surface area (Å²) >= 11 is 0. The summed E-state index contributed by atoms with van der Waals surface area (Å²) in [4.78, 5) is 2.57. The summed E-state index contributed by atoms with van der Waals surface area (Å²) in [6, 6.07) is 0. The van der Waals surface area contributed by atoms with Gasteiger partial charge >= 0.3 is 0 Å². The maximum absolute atomic E-state index is 2.57. The highest BCUT2D eigenvalue weighted by Crippen LogP contribution is 2.15. The van der Waals surface area contributed by atoms with E-state index in [1.54, 1.807) is 0 Å². The van der Waals surface area contributed by atoms with Crippen LogP contribution in [0.25, 0.3) is 0 Å². The number of nitrogens with zero attached hydrogens (tertiary/aromatic N) is 2. The molecule has 0 aromatic heterocycles. The van der Waals surface area contributed by atoms with E-state index in [0.29, 0.717) is 0 Å². The average Bonchev–Trinajstić information content (AvgIpc) is 1.90. The number of fused-ring (bicyclic) bond motifs is 3. The maximum Gasteiger partial charge on any atom is 0.0914 e. The van der Waals surface area contributed by atoms with Gasteiger partial charge in [0.15, 0.2) is 0 Å². The molecule has 3 rings (SSSR count). The number of rotatable bonds is 0. The van der Waals surface area contributed by atoms with Crippen LogP contribution in [-0.2, 0) is 0 Å². The molecule has 0 unspecified atom stereocenters. The van der Waals surface area contributed by atoms with Crippen LogP contribution in [0.2, 0.25) is 0 Å². The largest absolute Gasteiger partial charge is 0.358 e. The van der Waals surface area contributed by atoms with Crippen molar-refractivity contribution in [2.24, 2.45) is 0 Å². The summed E-state index contributed by atoms with van der Waals surface area (Å²) in [5.74, 6) is 0. The fraction of sp³-hybridized carbons (Fsp3) is 0.875. The zero-order valence-electron chi connectivity index (χ0n) is 7.14. The Morgan fingerprint density at radius 1 is 1.00 bits per heavy atom. The Balaban J connectivity index is 0.000000500. The zero-order chi connectivity index (χ0) is 6.32. The van der Waals surface area contributed by atoms with Gasteiger partial charge in [-0.25, -0.2) is 0 Å². The molecule has 0 spiro atoms. The Morgan fingerprint density at radius 3 is 1.60 bits per heavy atom. The van der Waals surface area contributed by atoms with Crippen molar-refractivity contribution in [1.82, 2.24) is 4.90 Å². The molecular formula is C8H18N2. The Hall–Kier alpha value is -0.0800. The summed E-state index contributed by atoms with van der Waals surface area (Å²) in [5.41, 5.74) is 0. The number of quaternary nitrogens is 1. The second-order valence-electron chi connectivity index (χ2n) is 3.63. The van der Waals surface area contributed by atoms with Crippen LogP contribution in [0.15, 0.2) is 0 Å². The molecule has 0 aromatic carbocycles. The van der Waals surface area contributed by atoms with Gasteiger partial charge in [-0.15, -0.1) is 0 Å². The van der Waals surface area contributed by atoms with Crippen LogP contribution < -0.4 is 0 Å². The first kappa shape index (κ1) is 8.02. The van der Waals surface area contributed by atoms with Crippen molar-refractivity contribution < 1.29 is 4.48 Å². The molecule has 3 aliphatic heterocycles. The monoisotopic (exact) mass is 142 g/mol. The lowest BCUT2D eigenvalue weighted by Crippen LogP contribution is -2.65. The second kappa shape index (κ2) is 2.51. The van der Waals surface area contributed by atoms with E-state index in [2.05, 4.69) is 11.9 Å². The lowest BCUT2D eigenvalue weighted by molar-refractivity contribution is -0.922. The molecule has 0 N–H and O–H groups in total. The van der Waals surface area contributed by atoms with Gasteiger partial charge in [-0.2, -0.15) is 0 Å². The van der Waals surface area contributed by atoms with Crippen LogP contribution in [0.4, 0.5) is 0 Å². The van der Waals surface area contributed by atoms with E-state index in [0.717, 1.165) is 0 Å². The Labute approximate surface area is 64.0 Å². The van der Waals surface area contributed by atoms with Crippen molar-refractivity contribution >= 4 is 0 Å². The first-order chi connectivity index (χ1) is 4.29. The quantitative estimate of drug-likeness (QED) is 0.345. The maximum atomic E-state index is 2.57. The number of piperazine rings is 3. The topological polar surface area (TPSA) is 3.24 Å². The van der Waals surface area contributed by atoms with E-state index in [9.17, 15) is 0 Å².